The molecular weight excluding hydrogens is 443 g/mol. The summed E-state index contributed by atoms with van der Waals surface area (Å²) >= 11 is 6.08. The standard InChI is InChI=1S/C15H21ClN6O.HI/c1-11(23-13-7-5-4-6-12(13)16)8-18-15(17-2)19-9-14-20-10-21-22(14)3;/h4-7,10-11H,8-9H2,1-3H3,(H2,17,18,19);1H. The fourth-order valence-corrected chi connectivity index (χ4v) is 2.08. The second-order valence-electron chi connectivity index (χ2n) is 4.97. The van der Waals surface area contributed by atoms with E-state index in [-0.39, 0.29) is 30.1 Å². The second kappa shape index (κ2) is 10.3. The number of rotatable bonds is 6. The number of hydrogen-bond acceptors (Lipinski definition) is 4. The lowest BCUT2D eigenvalue weighted by atomic mass is 10.3. The van der Waals surface area contributed by atoms with Crippen molar-refractivity contribution in [3.63, 3.8) is 0 Å². The molecule has 1 aromatic carbocycles. The van der Waals surface area contributed by atoms with Crippen LogP contribution >= 0.6 is 35.6 Å². The maximum Gasteiger partial charge on any atom is 0.191 e. The van der Waals surface area contributed by atoms with Crippen LogP contribution in [0.25, 0.3) is 0 Å². The molecule has 9 heteroatoms. The molecule has 0 bridgehead atoms. The number of aryl methyl sites for hydroxylation is 1. The van der Waals surface area contributed by atoms with Crippen LogP contribution in [0.5, 0.6) is 5.75 Å². The number of hydrogen-bond donors (Lipinski definition) is 2. The molecule has 1 unspecified atom stereocenters. The zero-order chi connectivity index (χ0) is 16.7. The second-order valence-corrected chi connectivity index (χ2v) is 5.37. The molecule has 0 aliphatic carbocycles. The van der Waals surface area contributed by atoms with Crippen LogP contribution in [0.3, 0.4) is 0 Å². The van der Waals surface area contributed by atoms with Gasteiger partial charge >= 0.3 is 0 Å². The Morgan fingerprint density at radius 2 is 2.12 bits per heavy atom. The molecule has 0 saturated heterocycles. The summed E-state index contributed by atoms with van der Waals surface area (Å²) < 4.78 is 7.52. The summed E-state index contributed by atoms with van der Waals surface area (Å²) in [7, 11) is 3.56. The van der Waals surface area contributed by atoms with Gasteiger partial charge in [-0.1, -0.05) is 23.7 Å². The monoisotopic (exact) mass is 464 g/mol. The van der Waals surface area contributed by atoms with Crippen molar-refractivity contribution in [3.8, 4) is 5.75 Å². The normalized spacial score (nSPS) is 12.2. The van der Waals surface area contributed by atoms with Gasteiger partial charge in [-0.05, 0) is 19.1 Å². The number of nitrogens with one attached hydrogen (secondary N) is 2. The van der Waals surface area contributed by atoms with E-state index in [1.165, 1.54) is 6.33 Å². The minimum Gasteiger partial charge on any atom is -0.487 e. The third kappa shape index (κ3) is 6.16. The van der Waals surface area contributed by atoms with Crippen molar-refractivity contribution in [2.24, 2.45) is 12.0 Å². The third-order valence-electron chi connectivity index (χ3n) is 3.16. The van der Waals surface area contributed by atoms with E-state index in [4.69, 9.17) is 16.3 Å². The Kier molecular flexibility index (Phi) is 8.83. The molecule has 1 heterocycles. The molecule has 7 nitrogen and oxygen atoms in total. The van der Waals surface area contributed by atoms with Crippen LogP contribution in [0.4, 0.5) is 0 Å². The topological polar surface area (TPSA) is 76.4 Å². The zero-order valence-corrected chi connectivity index (χ0v) is 16.9. The summed E-state index contributed by atoms with van der Waals surface area (Å²) in [6, 6.07) is 7.41. The first-order valence-electron chi connectivity index (χ1n) is 7.28. The first-order chi connectivity index (χ1) is 11.1. The van der Waals surface area contributed by atoms with E-state index >= 15 is 0 Å². The van der Waals surface area contributed by atoms with Crippen LogP contribution in [0.2, 0.25) is 5.02 Å². The van der Waals surface area contributed by atoms with Crippen LogP contribution in [-0.2, 0) is 13.6 Å². The van der Waals surface area contributed by atoms with Crippen molar-refractivity contribution in [1.29, 1.82) is 0 Å². The van der Waals surface area contributed by atoms with E-state index in [1.807, 2.05) is 32.2 Å². The number of aliphatic imine (C=N–C) groups is 1. The Labute approximate surface area is 163 Å². The predicted octanol–water partition coefficient (Wildman–Crippen LogP) is 2.22. The van der Waals surface area contributed by atoms with E-state index in [0.29, 0.717) is 29.8 Å². The molecule has 1 atom stereocenters. The highest BCUT2D eigenvalue weighted by Gasteiger charge is 2.08. The zero-order valence-electron chi connectivity index (χ0n) is 13.9. The highest BCUT2D eigenvalue weighted by molar-refractivity contribution is 14.0. The molecule has 0 saturated carbocycles. The number of nitrogens with zero attached hydrogens (tertiary/aromatic N) is 4. The number of halogens is 2. The van der Waals surface area contributed by atoms with Gasteiger partial charge in [0.15, 0.2) is 5.96 Å². The van der Waals surface area contributed by atoms with Crippen LogP contribution in [0.1, 0.15) is 12.7 Å². The van der Waals surface area contributed by atoms with E-state index in [9.17, 15) is 0 Å². The highest BCUT2D eigenvalue weighted by atomic mass is 127. The molecule has 2 N–H and O–H groups in total. The average molecular weight is 465 g/mol. The maximum atomic E-state index is 6.08. The molecule has 2 rings (SSSR count). The number of guanidine groups is 1. The van der Waals surface area contributed by atoms with Gasteiger partial charge in [-0.15, -0.1) is 24.0 Å². The van der Waals surface area contributed by atoms with E-state index < -0.39 is 0 Å². The number of para-hydroxylation sites is 1. The Balaban J connectivity index is 0.00000288. The largest absolute Gasteiger partial charge is 0.487 e. The van der Waals surface area contributed by atoms with E-state index in [1.54, 1.807) is 17.8 Å². The Morgan fingerprint density at radius 1 is 1.38 bits per heavy atom. The summed E-state index contributed by atoms with van der Waals surface area (Å²) in [5, 5.41) is 11.0. The molecule has 1 aromatic heterocycles. The molecule has 0 fully saturated rings. The van der Waals surface area contributed by atoms with Crippen LogP contribution in [0.15, 0.2) is 35.6 Å². The van der Waals surface area contributed by atoms with Gasteiger partial charge in [-0.3, -0.25) is 9.67 Å². The minimum atomic E-state index is -0.0664. The summed E-state index contributed by atoms with van der Waals surface area (Å²) in [6.45, 7) is 3.09. The molecule has 132 valence electrons. The molecule has 0 radical (unpaired) electrons. The van der Waals surface area contributed by atoms with Crippen LogP contribution in [-0.4, -0.2) is 40.4 Å². The average Bonchev–Trinajstić information content (AvgIpc) is 2.95. The molecule has 2 aromatic rings. The van der Waals surface area contributed by atoms with Gasteiger partial charge in [0.1, 0.15) is 24.0 Å². The maximum absolute atomic E-state index is 6.08. The minimum absolute atomic E-state index is 0. The summed E-state index contributed by atoms with van der Waals surface area (Å²) in [6.07, 6.45) is 1.45. The number of aromatic nitrogens is 3. The molecular formula is C15H22ClIN6O. The number of benzene rings is 1. The molecule has 0 aliphatic rings. The SMILES string of the molecule is CN=C(NCc1ncnn1C)NCC(C)Oc1ccccc1Cl.I. The van der Waals surface area contributed by atoms with Crippen molar-refractivity contribution in [2.45, 2.75) is 19.6 Å². The Bertz CT molecular complexity index is 663. The fraction of sp³-hybridized carbons (Fsp3) is 0.400. The Morgan fingerprint density at radius 3 is 2.75 bits per heavy atom. The van der Waals surface area contributed by atoms with Gasteiger partial charge in [-0.25, -0.2) is 4.98 Å². The summed E-state index contributed by atoms with van der Waals surface area (Å²) in [5.41, 5.74) is 0. The molecule has 24 heavy (non-hydrogen) atoms. The first kappa shape index (κ1) is 20.5. The predicted molar refractivity (Wildman–Crippen MR) is 106 cm³/mol. The molecule has 0 spiro atoms. The van der Waals surface area contributed by atoms with E-state index in [2.05, 4.69) is 25.7 Å². The Hall–Kier alpha value is -1.55. The lowest BCUT2D eigenvalue weighted by molar-refractivity contribution is 0.224. The molecule has 0 amide bonds. The first-order valence-corrected chi connectivity index (χ1v) is 7.66. The van der Waals surface area contributed by atoms with E-state index in [0.717, 1.165) is 5.82 Å². The fourth-order valence-electron chi connectivity index (χ4n) is 1.90. The van der Waals surface area contributed by atoms with Gasteiger partial charge in [-0.2, -0.15) is 5.10 Å². The van der Waals surface area contributed by atoms with Gasteiger partial charge in [0.25, 0.3) is 0 Å². The van der Waals surface area contributed by atoms with Crippen molar-refractivity contribution in [3.05, 3.63) is 41.4 Å². The highest BCUT2D eigenvalue weighted by Crippen LogP contribution is 2.23. The third-order valence-corrected chi connectivity index (χ3v) is 3.48. The smallest absolute Gasteiger partial charge is 0.191 e. The van der Waals surface area contributed by atoms with Gasteiger partial charge < -0.3 is 15.4 Å². The van der Waals surface area contributed by atoms with Crippen molar-refractivity contribution < 1.29 is 4.74 Å². The summed E-state index contributed by atoms with van der Waals surface area (Å²) in [5.74, 6) is 2.17. The van der Waals surface area contributed by atoms with Gasteiger partial charge in [0, 0.05) is 14.1 Å². The van der Waals surface area contributed by atoms with Crippen molar-refractivity contribution >= 4 is 41.5 Å². The quantitative estimate of drug-likeness (QED) is 0.389. The van der Waals surface area contributed by atoms with Crippen LogP contribution < -0.4 is 15.4 Å². The summed E-state index contributed by atoms with van der Waals surface area (Å²) in [4.78, 5) is 8.32. The van der Waals surface area contributed by atoms with Gasteiger partial charge in [0.05, 0.1) is 18.1 Å². The van der Waals surface area contributed by atoms with Gasteiger partial charge in [0.2, 0.25) is 0 Å². The number of ether oxygens (including phenoxy) is 1. The lowest BCUT2D eigenvalue weighted by Crippen LogP contribution is -2.41. The lowest BCUT2D eigenvalue weighted by Gasteiger charge is -2.18. The van der Waals surface area contributed by atoms with Crippen molar-refractivity contribution in [2.75, 3.05) is 13.6 Å². The van der Waals surface area contributed by atoms with Crippen molar-refractivity contribution in [1.82, 2.24) is 25.4 Å². The van der Waals surface area contributed by atoms with Crippen LogP contribution in [0, 0.1) is 0 Å². The molecule has 0 aliphatic heterocycles.